The van der Waals surface area contributed by atoms with E-state index < -0.39 is 11.3 Å². The summed E-state index contributed by atoms with van der Waals surface area (Å²) in [6.07, 6.45) is 0.372. The van der Waals surface area contributed by atoms with E-state index >= 15 is 0 Å². The molecule has 1 amide bonds. The van der Waals surface area contributed by atoms with Gasteiger partial charge in [-0.3, -0.25) is 4.79 Å². The zero-order chi connectivity index (χ0) is 11.6. The van der Waals surface area contributed by atoms with E-state index in [4.69, 9.17) is 28.9 Å². The summed E-state index contributed by atoms with van der Waals surface area (Å²) in [4.78, 5) is 10.8. The van der Waals surface area contributed by atoms with E-state index in [0.29, 0.717) is 11.4 Å². The van der Waals surface area contributed by atoms with Crippen LogP contribution in [0.1, 0.15) is 11.1 Å². The fourth-order valence-corrected chi connectivity index (χ4v) is 2.11. The summed E-state index contributed by atoms with van der Waals surface area (Å²) in [5.41, 5.74) is 6.93. The van der Waals surface area contributed by atoms with Gasteiger partial charge in [-0.15, -0.1) is 11.6 Å². The fourth-order valence-electron chi connectivity index (χ4n) is 1.14. The molecule has 0 heterocycles. The van der Waals surface area contributed by atoms with Gasteiger partial charge in [-0.05, 0) is 36.6 Å². The smallest absolute Gasteiger partial charge is 0.235 e. The summed E-state index contributed by atoms with van der Waals surface area (Å²) >= 11 is 15.1. The van der Waals surface area contributed by atoms with Gasteiger partial charge in [-0.2, -0.15) is 0 Å². The molecule has 0 aliphatic heterocycles. The Labute approximate surface area is 107 Å². The van der Waals surface area contributed by atoms with Gasteiger partial charge in [0, 0.05) is 9.50 Å². The number of hydrogen-bond acceptors (Lipinski definition) is 1. The Morgan fingerprint density at radius 2 is 2.20 bits per heavy atom. The lowest BCUT2D eigenvalue weighted by atomic mass is 10.1. The zero-order valence-electron chi connectivity index (χ0n) is 8.06. The number of hydrogen-bond donors (Lipinski definition) is 1. The maximum atomic E-state index is 10.8. The number of halogens is 3. The minimum atomic E-state index is -0.708. The topological polar surface area (TPSA) is 43.1 Å². The summed E-state index contributed by atoms with van der Waals surface area (Å²) in [5, 5.41) is -0.0541. The number of aryl methyl sites for hydroxylation is 1. The molecule has 2 N–H and O–H groups in total. The molecule has 1 atom stereocenters. The van der Waals surface area contributed by atoms with Crippen LogP contribution >= 0.6 is 39.1 Å². The lowest BCUT2D eigenvalue weighted by Gasteiger charge is -2.09. The van der Waals surface area contributed by atoms with Crippen LogP contribution in [0, 0.1) is 6.92 Å². The molecule has 0 bridgehead atoms. The molecule has 0 fully saturated rings. The van der Waals surface area contributed by atoms with Gasteiger partial charge in [0.05, 0.1) is 0 Å². The van der Waals surface area contributed by atoms with Crippen LogP contribution in [0.5, 0.6) is 0 Å². The molecule has 5 heteroatoms. The minimum Gasteiger partial charge on any atom is -0.368 e. The van der Waals surface area contributed by atoms with Gasteiger partial charge in [-0.1, -0.05) is 27.5 Å². The summed E-state index contributed by atoms with van der Waals surface area (Å²) in [5.74, 6) is -0.528. The highest BCUT2D eigenvalue weighted by Gasteiger charge is 2.14. The number of benzene rings is 1. The molecule has 0 saturated carbocycles. The first-order valence-corrected chi connectivity index (χ1v) is 5.90. The maximum absolute atomic E-state index is 10.8. The molecule has 0 aliphatic rings. The zero-order valence-corrected chi connectivity index (χ0v) is 11.2. The number of carbonyl (C=O) groups is 1. The summed E-state index contributed by atoms with van der Waals surface area (Å²) in [6, 6.07) is 3.68. The average molecular weight is 311 g/mol. The molecule has 1 aromatic rings. The molecule has 1 rings (SSSR count). The molecule has 0 saturated heterocycles. The Morgan fingerprint density at radius 3 is 2.73 bits per heavy atom. The number of rotatable bonds is 3. The van der Waals surface area contributed by atoms with Crippen molar-refractivity contribution in [3.05, 3.63) is 32.8 Å². The second-order valence-corrected chi connectivity index (χ2v) is 5.06. The van der Waals surface area contributed by atoms with Crippen LogP contribution < -0.4 is 5.73 Å². The number of nitrogens with two attached hydrogens (primary N) is 1. The second-order valence-electron chi connectivity index (χ2n) is 3.27. The standard InChI is InChI=1S/C10H10BrCl2NO/c1-5-2-7(11)6(3-8(5)12)4-9(13)10(14)15/h2-3,9H,4H2,1H3,(H2,14,15). The third-order valence-corrected chi connectivity index (χ3v) is 3.55. The predicted octanol–water partition coefficient (Wildman–Crippen LogP) is 3.05. The highest BCUT2D eigenvalue weighted by molar-refractivity contribution is 9.10. The Kier molecular flexibility index (Phi) is 4.44. The quantitative estimate of drug-likeness (QED) is 0.857. The van der Waals surface area contributed by atoms with Gasteiger partial charge >= 0.3 is 0 Å². The second kappa shape index (κ2) is 5.19. The lowest BCUT2D eigenvalue weighted by Crippen LogP contribution is -2.25. The SMILES string of the molecule is Cc1cc(Br)c(CC(Cl)C(N)=O)cc1Cl. The van der Waals surface area contributed by atoms with Crippen molar-refractivity contribution >= 4 is 45.0 Å². The van der Waals surface area contributed by atoms with Gasteiger partial charge < -0.3 is 5.73 Å². The van der Waals surface area contributed by atoms with Crippen molar-refractivity contribution in [1.82, 2.24) is 0 Å². The number of amides is 1. The molecule has 0 aromatic heterocycles. The summed E-state index contributed by atoms with van der Waals surface area (Å²) in [7, 11) is 0. The summed E-state index contributed by atoms with van der Waals surface area (Å²) < 4.78 is 0.885. The molecule has 82 valence electrons. The highest BCUT2D eigenvalue weighted by Crippen LogP contribution is 2.26. The van der Waals surface area contributed by atoms with Crippen LogP contribution in [-0.4, -0.2) is 11.3 Å². The van der Waals surface area contributed by atoms with Crippen molar-refractivity contribution in [1.29, 1.82) is 0 Å². The lowest BCUT2D eigenvalue weighted by molar-refractivity contribution is -0.117. The van der Waals surface area contributed by atoms with Crippen LogP contribution in [0.15, 0.2) is 16.6 Å². The van der Waals surface area contributed by atoms with Crippen molar-refractivity contribution in [2.75, 3.05) is 0 Å². The molecule has 0 spiro atoms. The van der Waals surface area contributed by atoms with Crippen LogP contribution in [0.4, 0.5) is 0 Å². The van der Waals surface area contributed by atoms with E-state index in [0.717, 1.165) is 15.6 Å². The minimum absolute atomic E-state index is 0.372. The van der Waals surface area contributed by atoms with Crippen LogP contribution in [0.25, 0.3) is 0 Å². The van der Waals surface area contributed by atoms with E-state index in [1.807, 2.05) is 13.0 Å². The van der Waals surface area contributed by atoms with E-state index in [-0.39, 0.29) is 0 Å². The number of alkyl halides is 1. The van der Waals surface area contributed by atoms with Gasteiger partial charge in [-0.25, -0.2) is 0 Å². The fraction of sp³-hybridized carbons (Fsp3) is 0.300. The first kappa shape index (κ1) is 12.8. The number of carbonyl (C=O) groups excluding carboxylic acids is 1. The number of primary amides is 1. The molecular formula is C10H10BrCl2NO. The molecular weight excluding hydrogens is 301 g/mol. The molecule has 0 aliphatic carbocycles. The molecule has 1 unspecified atom stereocenters. The van der Waals surface area contributed by atoms with Gasteiger partial charge in [0.2, 0.25) is 5.91 Å². The van der Waals surface area contributed by atoms with E-state index in [9.17, 15) is 4.79 Å². The first-order chi connectivity index (χ1) is 6.91. The van der Waals surface area contributed by atoms with Gasteiger partial charge in [0.25, 0.3) is 0 Å². The van der Waals surface area contributed by atoms with Crippen LogP contribution in [0.2, 0.25) is 5.02 Å². The van der Waals surface area contributed by atoms with Gasteiger partial charge in [0.1, 0.15) is 5.38 Å². The monoisotopic (exact) mass is 309 g/mol. The average Bonchev–Trinajstić information content (AvgIpc) is 2.13. The maximum Gasteiger partial charge on any atom is 0.235 e. The van der Waals surface area contributed by atoms with Crippen molar-refractivity contribution in [2.45, 2.75) is 18.7 Å². The molecule has 2 nitrogen and oxygen atoms in total. The largest absolute Gasteiger partial charge is 0.368 e. The van der Waals surface area contributed by atoms with E-state index in [1.54, 1.807) is 6.07 Å². The predicted molar refractivity (Wildman–Crippen MR) is 66.4 cm³/mol. The van der Waals surface area contributed by atoms with Crippen molar-refractivity contribution in [3.8, 4) is 0 Å². The van der Waals surface area contributed by atoms with E-state index in [2.05, 4.69) is 15.9 Å². The Hall–Kier alpha value is -0.250. The first-order valence-electron chi connectivity index (χ1n) is 4.29. The molecule has 15 heavy (non-hydrogen) atoms. The van der Waals surface area contributed by atoms with Crippen LogP contribution in [-0.2, 0) is 11.2 Å². The third kappa shape index (κ3) is 3.37. The highest BCUT2D eigenvalue weighted by atomic mass is 79.9. The van der Waals surface area contributed by atoms with Crippen molar-refractivity contribution < 1.29 is 4.79 Å². The van der Waals surface area contributed by atoms with Gasteiger partial charge in [0.15, 0.2) is 0 Å². The normalized spacial score (nSPS) is 12.5. The van der Waals surface area contributed by atoms with Crippen molar-refractivity contribution in [2.24, 2.45) is 5.73 Å². The van der Waals surface area contributed by atoms with E-state index in [1.165, 1.54) is 0 Å². The molecule has 0 radical (unpaired) electrons. The summed E-state index contributed by atoms with van der Waals surface area (Å²) in [6.45, 7) is 1.91. The third-order valence-electron chi connectivity index (χ3n) is 2.04. The Bertz CT molecular complexity index is 395. The van der Waals surface area contributed by atoms with Crippen LogP contribution in [0.3, 0.4) is 0 Å². The van der Waals surface area contributed by atoms with Crippen molar-refractivity contribution in [3.63, 3.8) is 0 Å². The Balaban J connectivity index is 2.95. The molecule has 1 aromatic carbocycles. The Morgan fingerprint density at radius 1 is 1.60 bits per heavy atom.